The van der Waals surface area contributed by atoms with Crippen LogP contribution >= 0.6 is 0 Å². The molecule has 2 heteroatoms. The fraction of sp³-hybridized carbons (Fsp3) is 0.733. The van der Waals surface area contributed by atoms with Crippen molar-refractivity contribution >= 4 is 0 Å². The van der Waals surface area contributed by atoms with Crippen molar-refractivity contribution in [3.8, 4) is 0 Å². The van der Waals surface area contributed by atoms with E-state index in [2.05, 4.69) is 37.6 Å². The van der Waals surface area contributed by atoms with Crippen molar-refractivity contribution in [2.24, 2.45) is 0 Å². The van der Waals surface area contributed by atoms with Gasteiger partial charge in [0.05, 0.1) is 6.10 Å². The summed E-state index contributed by atoms with van der Waals surface area (Å²) in [6.45, 7) is 6.83. The van der Waals surface area contributed by atoms with E-state index in [-0.39, 0.29) is 11.6 Å². The molecular weight excluding hydrogens is 210 g/mol. The third kappa shape index (κ3) is 1.93. The van der Waals surface area contributed by atoms with Gasteiger partial charge in [-0.15, -0.1) is 0 Å². The molecule has 0 bridgehead atoms. The van der Waals surface area contributed by atoms with Crippen molar-refractivity contribution < 1.29 is 5.11 Å². The lowest BCUT2D eigenvalue weighted by molar-refractivity contribution is 0.152. The average Bonchev–Trinajstić information content (AvgIpc) is 2.79. The van der Waals surface area contributed by atoms with Gasteiger partial charge in [-0.25, -0.2) is 0 Å². The minimum absolute atomic E-state index is 0.233. The first-order valence-corrected chi connectivity index (χ1v) is 7.07. The molecule has 2 nitrogen and oxygen atoms in total. The molecular formula is C15H25NO. The molecule has 1 heterocycles. The molecule has 1 aliphatic rings. The maximum Gasteiger partial charge on any atom is 0.0807 e. The van der Waals surface area contributed by atoms with Gasteiger partial charge in [-0.05, 0) is 44.6 Å². The van der Waals surface area contributed by atoms with Gasteiger partial charge in [0.25, 0.3) is 0 Å². The zero-order valence-corrected chi connectivity index (χ0v) is 11.4. The van der Waals surface area contributed by atoms with Crippen molar-refractivity contribution in [1.82, 2.24) is 4.57 Å². The molecule has 17 heavy (non-hydrogen) atoms. The van der Waals surface area contributed by atoms with Gasteiger partial charge in [-0.3, -0.25) is 0 Å². The number of nitrogens with zero attached hydrogens (tertiary/aromatic N) is 1. The molecule has 0 saturated heterocycles. The van der Waals surface area contributed by atoms with Crippen LogP contribution in [0.2, 0.25) is 0 Å². The molecule has 0 spiro atoms. The first-order valence-electron chi connectivity index (χ1n) is 7.07. The molecule has 1 atom stereocenters. The first kappa shape index (κ1) is 12.7. The number of fused-ring (bicyclic) bond motifs is 1. The summed E-state index contributed by atoms with van der Waals surface area (Å²) < 4.78 is 2.46. The summed E-state index contributed by atoms with van der Waals surface area (Å²) in [4.78, 5) is 0. The highest BCUT2D eigenvalue weighted by Crippen LogP contribution is 2.37. The number of hydrogen-bond donors (Lipinski definition) is 1. The third-order valence-electron chi connectivity index (χ3n) is 4.76. The van der Waals surface area contributed by atoms with E-state index in [4.69, 9.17) is 0 Å². The predicted molar refractivity (Wildman–Crippen MR) is 71.2 cm³/mol. The molecule has 0 aliphatic heterocycles. The van der Waals surface area contributed by atoms with Crippen molar-refractivity contribution in [3.63, 3.8) is 0 Å². The second-order valence-electron chi connectivity index (χ2n) is 5.28. The zero-order chi connectivity index (χ0) is 12.5. The molecule has 1 unspecified atom stereocenters. The molecule has 0 amide bonds. The summed E-state index contributed by atoms with van der Waals surface area (Å²) in [7, 11) is 0. The van der Waals surface area contributed by atoms with E-state index >= 15 is 0 Å². The summed E-state index contributed by atoms with van der Waals surface area (Å²) in [5.74, 6) is 0. The Morgan fingerprint density at radius 3 is 2.53 bits per heavy atom. The van der Waals surface area contributed by atoms with Crippen LogP contribution in [-0.4, -0.2) is 9.67 Å². The number of hydrogen-bond acceptors (Lipinski definition) is 1. The second-order valence-corrected chi connectivity index (χ2v) is 5.28. The monoisotopic (exact) mass is 235 g/mol. The summed E-state index contributed by atoms with van der Waals surface area (Å²) in [5, 5.41) is 10.0. The van der Waals surface area contributed by atoms with Gasteiger partial charge >= 0.3 is 0 Å². The van der Waals surface area contributed by atoms with Gasteiger partial charge in [0.15, 0.2) is 0 Å². The first-order chi connectivity index (χ1) is 8.18. The van der Waals surface area contributed by atoms with E-state index in [1.807, 2.05) is 0 Å². The highest BCUT2D eigenvalue weighted by Gasteiger charge is 2.31. The van der Waals surface area contributed by atoms with Crippen LogP contribution in [0.5, 0.6) is 0 Å². The maximum absolute atomic E-state index is 10.0. The van der Waals surface area contributed by atoms with Crippen LogP contribution in [0.3, 0.4) is 0 Å². The highest BCUT2D eigenvalue weighted by atomic mass is 16.3. The Morgan fingerprint density at radius 2 is 1.94 bits per heavy atom. The Balaban J connectivity index is 2.45. The number of aliphatic hydroxyl groups is 1. The van der Waals surface area contributed by atoms with Gasteiger partial charge in [0.2, 0.25) is 0 Å². The Morgan fingerprint density at radius 1 is 1.29 bits per heavy atom. The van der Waals surface area contributed by atoms with Crippen molar-refractivity contribution in [3.05, 3.63) is 23.5 Å². The van der Waals surface area contributed by atoms with Gasteiger partial charge in [0, 0.05) is 23.0 Å². The lowest BCUT2D eigenvalue weighted by Crippen LogP contribution is -2.33. The van der Waals surface area contributed by atoms with Crippen LogP contribution in [0.1, 0.15) is 70.2 Å². The summed E-state index contributed by atoms with van der Waals surface area (Å²) in [6, 6.07) is 2.13. The topological polar surface area (TPSA) is 25.2 Å². The van der Waals surface area contributed by atoms with E-state index in [1.165, 1.54) is 11.3 Å². The van der Waals surface area contributed by atoms with Crippen LogP contribution in [0, 0.1) is 0 Å². The van der Waals surface area contributed by atoms with E-state index in [9.17, 15) is 5.11 Å². The molecule has 2 rings (SSSR count). The Bertz CT molecular complexity index is 368. The summed E-state index contributed by atoms with van der Waals surface area (Å²) in [6.07, 6.45) is 8.63. The molecule has 0 saturated carbocycles. The third-order valence-corrected chi connectivity index (χ3v) is 4.76. The van der Waals surface area contributed by atoms with Crippen molar-refractivity contribution in [2.75, 3.05) is 0 Å². The Hall–Kier alpha value is -0.760. The summed E-state index contributed by atoms with van der Waals surface area (Å²) >= 11 is 0. The second kappa shape index (κ2) is 4.85. The number of aromatic nitrogens is 1. The SMILES string of the molecule is CCC(CC)(CC)n1ccc2c1CCCC2O. The summed E-state index contributed by atoms with van der Waals surface area (Å²) in [5.41, 5.74) is 2.82. The minimum Gasteiger partial charge on any atom is -0.388 e. The molecule has 0 fully saturated rings. The lowest BCUT2D eigenvalue weighted by atomic mass is 9.87. The normalized spacial score (nSPS) is 20.4. The van der Waals surface area contributed by atoms with Crippen LogP contribution in [0.4, 0.5) is 0 Å². The highest BCUT2D eigenvalue weighted by molar-refractivity contribution is 5.28. The van der Waals surface area contributed by atoms with Crippen molar-refractivity contribution in [2.45, 2.75) is 70.9 Å². The van der Waals surface area contributed by atoms with Crippen LogP contribution in [0.25, 0.3) is 0 Å². The smallest absolute Gasteiger partial charge is 0.0807 e. The molecule has 1 N–H and O–H groups in total. The Labute approximate surface area is 105 Å². The fourth-order valence-corrected chi connectivity index (χ4v) is 3.37. The van der Waals surface area contributed by atoms with Gasteiger partial charge < -0.3 is 9.67 Å². The molecule has 0 radical (unpaired) electrons. The molecule has 1 aromatic rings. The lowest BCUT2D eigenvalue weighted by Gasteiger charge is -2.36. The standard InChI is InChI=1S/C15H25NO/c1-4-15(5-2,6-3)16-11-10-12-13(16)8-7-9-14(12)17/h10-11,14,17H,4-9H2,1-3H3. The van der Waals surface area contributed by atoms with E-state index < -0.39 is 0 Å². The van der Waals surface area contributed by atoms with Gasteiger partial charge in [-0.2, -0.15) is 0 Å². The molecule has 96 valence electrons. The van der Waals surface area contributed by atoms with Gasteiger partial charge in [-0.1, -0.05) is 20.8 Å². The Kier molecular flexibility index (Phi) is 3.62. The van der Waals surface area contributed by atoms with Crippen LogP contribution in [-0.2, 0) is 12.0 Å². The molecule has 1 aromatic heterocycles. The quantitative estimate of drug-likeness (QED) is 0.844. The van der Waals surface area contributed by atoms with Crippen LogP contribution in [0.15, 0.2) is 12.3 Å². The van der Waals surface area contributed by atoms with E-state index in [0.717, 1.165) is 38.5 Å². The largest absolute Gasteiger partial charge is 0.388 e. The average molecular weight is 235 g/mol. The van der Waals surface area contributed by atoms with E-state index in [0.29, 0.717) is 0 Å². The molecule has 1 aliphatic carbocycles. The predicted octanol–water partition coefficient (Wildman–Crippen LogP) is 3.78. The number of rotatable bonds is 4. The van der Waals surface area contributed by atoms with Crippen molar-refractivity contribution in [1.29, 1.82) is 0 Å². The molecule has 0 aromatic carbocycles. The van der Waals surface area contributed by atoms with Crippen LogP contribution < -0.4 is 0 Å². The van der Waals surface area contributed by atoms with E-state index in [1.54, 1.807) is 0 Å². The zero-order valence-electron chi connectivity index (χ0n) is 11.4. The van der Waals surface area contributed by atoms with Gasteiger partial charge in [0.1, 0.15) is 0 Å². The number of aliphatic hydroxyl groups excluding tert-OH is 1. The maximum atomic E-state index is 10.0. The minimum atomic E-state index is -0.233. The fourth-order valence-electron chi connectivity index (χ4n) is 3.37.